The Balaban J connectivity index is 2.27. The molecule has 0 aliphatic rings. The fourth-order valence-electron chi connectivity index (χ4n) is 1.45. The summed E-state index contributed by atoms with van der Waals surface area (Å²) in [6.07, 6.45) is 1.74. The standard InChI is InChI=1S/C12H13N3O2/c1-13-12(16)11-7-8-15(14-11)9-3-5-10(17-2)6-4-9/h3-8H,1-2H3,(H,13,16). The van der Waals surface area contributed by atoms with Crippen molar-refractivity contribution >= 4 is 5.91 Å². The minimum absolute atomic E-state index is 0.197. The minimum atomic E-state index is -0.197. The van der Waals surface area contributed by atoms with Gasteiger partial charge in [0.2, 0.25) is 0 Å². The molecule has 1 heterocycles. The Morgan fingerprint density at radius 2 is 2.00 bits per heavy atom. The molecule has 2 rings (SSSR count). The lowest BCUT2D eigenvalue weighted by atomic mass is 10.3. The van der Waals surface area contributed by atoms with Crippen molar-refractivity contribution in [2.24, 2.45) is 0 Å². The number of hydrogen-bond acceptors (Lipinski definition) is 3. The SMILES string of the molecule is CNC(=O)c1ccn(-c2ccc(OC)cc2)n1. The molecule has 88 valence electrons. The van der Waals surface area contributed by atoms with Crippen LogP contribution in [0.3, 0.4) is 0 Å². The highest BCUT2D eigenvalue weighted by molar-refractivity contribution is 5.91. The second-order valence-electron chi connectivity index (χ2n) is 3.42. The lowest BCUT2D eigenvalue weighted by molar-refractivity contribution is 0.0957. The van der Waals surface area contributed by atoms with Crippen molar-refractivity contribution in [1.29, 1.82) is 0 Å². The molecule has 0 bridgehead atoms. The summed E-state index contributed by atoms with van der Waals surface area (Å²) in [5.41, 5.74) is 1.27. The van der Waals surface area contributed by atoms with Crippen LogP contribution >= 0.6 is 0 Å². The van der Waals surface area contributed by atoms with Crippen LogP contribution in [-0.4, -0.2) is 29.8 Å². The quantitative estimate of drug-likeness (QED) is 0.864. The maximum Gasteiger partial charge on any atom is 0.271 e. The van der Waals surface area contributed by atoms with Crippen molar-refractivity contribution in [2.45, 2.75) is 0 Å². The first-order valence-electron chi connectivity index (χ1n) is 5.17. The molecule has 0 spiro atoms. The van der Waals surface area contributed by atoms with Crippen LogP contribution in [0, 0.1) is 0 Å². The number of nitrogens with zero attached hydrogens (tertiary/aromatic N) is 2. The molecule has 0 saturated carbocycles. The van der Waals surface area contributed by atoms with Crippen molar-refractivity contribution in [1.82, 2.24) is 15.1 Å². The summed E-state index contributed by atoms with van der Waals surface area (Å²) in [7, 11) is 3.20. The number of hydrogen-bond donors (Lipinski definition) is 1. The summed E-state index contributed by atoms with van der Waals surface area (Å²) in [5.74, 6) is 0.588. The second kappa shape index (κ2) is 4.69. The van der Waals surface area contributed by atoms with Gasteiger partial charge in [-0.2, -0.15) is 5.10 Å². The first kappa shape index (κ1) is 11.2. The smallest absolute Gasteiger partial charge is 0.271 e. The predicted octanol–water partition coefficient (Wildman–Crippen LogP) is 1.24. The molecule has 0 aliphatic heterocycles. The van der Waals surface area contributed by atoms with Crippen LogP contribution in [-0.2, 0) is 0 Å². The van der Waals surface area contributed by atoms with E-state index >= 15 is 0 Å². The molecule has 0 radical (unpaired) electrons. The third kappa shape index (κ3) is 2.28. The number of ether oxygens (including phenoxy) is 1. The van der Waals surface area contributed by atoms with Crippen LogP contribution in [0.2, 0.25) is 0 Å². The Bertz CT molecular complexity index is 517. The van der Waals surface area contributed by atoms with Crippen molar-refractivity contribution in [2.75, 3.05) is 14.2 Å². The van der Waals surface area contributed by atoms with Crippen LogP contribution in [0.1, 0.15) is 10.5 Å². The molecule has 0 aliphatic carbocycles. The number of amides is 1. The van der Waals surface area contributed by atoms with E-state index in [0.29, 0.717) is 5.69 Å². The van der Waals surface area contributed by atoms with E-state index in [1.807, 2.05) is 24.3 Å². The van der Waals surface area contributed by atoms with Gasteiger partial charge in [0.15, 0.2) is 5.69 Å². The average Bonchev–Trinajstić information content (AvgIpc) is 2.87. The van der Waals surface area contributed by atoms with Gasteiger partial charge < -0.3 is 10.1 Å². The largest absolute Gasteiger partial charge is 0.497 e. The molecule has 1 aromatic heterocycles. The van der Waals surface area contributed by atoms with E-state index in [9.17, 15) is 4.79 Å². The predicted molar refractivity (Wildman–Crippen MR) is 63.5 cm³/mol. The lowest BCUT2D eigenvalue weighted by Gasteiger charge is -2.03. The molecule has 5 heteroatoms. The van der Waals surface area contributed by atoms with Crippen molar-refractivity contribution < 1.29 is 9.53 Å². The van der Waals surface area contributed by atoms with Crippen molar-refractivity contribution in [3.8, 4) is 11.4 Å². The van der Waals surface area contributed by atoms with Gasteiger partial charge in [0, 0.05) is 13.2 Å². The van der Waals surface area contributed by atoms with Gasteiger partial charge in [-0.25, -0.2) is 4.68 Å². The summed E-state index contributed by atoms with van der Waals surface area (Å²) in [6, 6.07) is 9.11. The fraction of sp³-hybridized carbons (Fsp3) is 0.167. The third-order valence-corrected chi connectivity index (χ3v) is 2.39. The molecule has 1 aromatic carbocycles. The number of carbonyl (C=O) groups is 1. The van der Waals surface area contributed by atoms with E-state index in [2.05, 4.69) is 10.4 Å². The molecule has 0 atom stereocenters. The van der Waals surface area contributed by atoms with E-state index in [4.69, 9.17) is 4.74 Å². The molecule has 0 saturated heterocycles. The van der Waals surface area contributed by atoms with Crippen molar-refractivity contribution in [3.63, 3.8) is 0 Å². The van der Waals surface area contributed by atoms with Crippen molar-refractivity contribution in [3.05, 3.63) is 42.2 Å². The molecule has 2 aromatic rings. The highest BCUT2D eigenvalue weighted by atomic mass is 16.5. The van der Waals surface area contributed by atoms with Gasteiger partial charge >= 0.3 is 0 Å². The molecule has 0 unspecified atom stereocenters. The first-order valence-corrected chi connectivity index (χ1v) is 5.17. The molecule has 1 amide bonds. The average molecular weight is 231 g/mol. The van der Waals surface area contributed by atoms with Gasteiger partial charge in [-0.3, -0.25) is 4.79 Å². The summed E-state index contributed by atoms with van der Waals surface area (Å²) >= 11 is 0. The summed E-state index contributed by atoms with van der Waals surface area (Å²) in [5, 5.41) is 6.70. The van der Waals surface area contributed by atoms with Gasteiger partial charge in [0.1, 0.15) is 5.75 Å². The van der Waals surface area contributed by atoms with E-state index in [-0.39, 0.29) is 5.91 Å². The Hall–Kier alpha value is -2.30. The van der Waals surface area contributed by atoms with E-state index in [0.717, 1.165) is 11.4 Å². The lowest BCUT2D eigenvalue weighted by Crippen LogP contribution is -2.18. The van der Waals surface area contributed by atoms with Gasteiger partial charge in [-0.05, 0) is 30.3 Å². The van der Waals surface area contributed by atoms with Crippen LogP contribution in [0.5, 0.6) is 5.75 Å². The topological polar surface area (TPSA) is 56.2 Å². The number of benzene rings is 1. The second-order valence-corrected chi connectivity index (χ2v) is 3.42. The zero-order valence-electron chi connectivity index (χ0n) is 9.68. The molecule has 17 heavy (non-hydrogen) atoms. The number of carbonyl (C=O) groups excluding carboxylic acids is 1. The van der Waals surface area contributed by atoms with Gasteiger partial charge in [0.05, 0.1) is 12.8 Å². The van der Waals surface area contributed by atoms with E-state index in [1.54, 1.807) is 31.1 Å². The van der Waals surface area contributed by atoms with Crippen LogP contribution in [0.25, 0.3) is 5.69 Å². The summed E-state index contributed by atoms with van der Waals surface area (Å²) in [4.78, 5) is 11.4. The van der Waals surface area contributed by atoms with E-state index < -0.39 is 0 Å². The van der Waals surface area contributed by atoms with E-state index in [1.165, 1.54) is 0 Å². The normalized spacial score (nSPS) is 10.0. The number of nitrogens with one attached hydrogen (secondary N) is 1. The van der Waals surface area contributed by atoms with Crippen LogP contribution < -0.4 is 10.1 Å². The Labute approximate surface area is 99.0 Å². The van der Waals surface area contributed by atoms with Gasteiger partial charge in [-0.1, -0.05) is 0 Å². The zero-order chi connectivity index (χ0) is 12.3. The monoisotopic (exact) mass is 231 g/mol. The first-order chi connectivity index (χ1) is 8.24. The number of methoxy groups -OCH3 is 1. The molecular formula is C12H13N3O2. The van der Waals surface area contributed by atoms with Gasteiger partial charge in [-0.15, -0.1) is 0 Å². The molecule has 0 fully saturated rings. The minimum Gasteiger partial charge on any atom is -0.497 e. The third-order valence-electron chi connectivity index (χ3n) is 2.39. The highest BCUT2D eigenvalue weighted by Crippen LogP contribution is 2.14. The summed E-state index contributed by atoms with van der Waals surface area (Å²) in [6.45, 7) is 0. The summed E-state index contributed by atoms with van der Waals surface area (Å²) < 4.78 is 6.71. The maximum atomic E-state index is 11.4. The number of rotatable bonds is 3. The highest BCUT2D eigenvalue weighted by Gasteiger charge is 2.07. The zero-order valence-corrected chi connectivity index (χ0v) is 9.68. The van der Waals surface area contributed by atoms with Crippen LogP contribution in [0.4, 0.5) is 0 Å². The Morgan fingerprint density at radius 3 is 2.59 bits per heavy atom. The molecule has 5 nitrogen and oxygen atoms in total. The maximum absolute atomic E-state index is 11.4. The van der Waals surface area contributed by atoms with Crippen LogP contribution in [0.15, 0.2) is 36.5 Å². The molecular weight excluding hydrogens is 218 g/mol. The Morgan fingerprint density at radius 1 is 1.29 bits per heavy atom. The molecule has 1 N–H and O–H groups in total. The Kier molecular flexibility index (Phi) is 3.09. The fourth-order valence-corrected chi connectivity index (χ4v) is 1.45. The van der Waals surface area contributed by atoms with Gasteiger partial charge in [0.25, 0.3) is 5.91 Å². The number of aromatic nitrogens is 2.